The summed E-state index contributed by atoms with van der Waals surface area (Å²) in [6, 6.07) is 0. The van der Waals surface area contributed by atoms with Crippen LogP contribution in [0, 0.1) is 69.2 Å². The SMILES string of the molecule is Cc1c(C)c(C)c(C(=O)O)c(CC2c3c(C)c(C)c(O)c(C)c3Oc3c(C)c(O)c(C)c(C)c32)c1C. The van der Waals surface area contributed by atoms with E-state index in [4.69, 9.17) is 4.74 Å². The molecule has 1 aliphatic rings. The van der Waals surface area contributed by atoms with Gasteiger partial charge in [-0.25, -0.2) is 4.79 Å². The molecule has 5 heteroatoms. The van der Waals surface area contributed by atoms with E-state index in [1.165, 1.54) is 0 Å². The Morgan fingerprint density at radius 1 is 0.611 bits per heavy atom. The predicted molar refractivity (Wildman–Crippen MR) is 143 cm³/mol. The number of rotatable bonds is 3. The van der Waals surface area contributed by atoms with E-state index in [-0.39, 0.29) is 17.4 Å². The molecule has 0 saturated heterocycles. The highest BCUT2D eigenvalue weighted by atomic mass is 16.5. The molecule has 0 saturated carbocycles. The largest absolute Gasteiger partial charge is 0.507 e. The number of benzene rings is 3. The van der Waals surface area contributed by atoms with E-state index in [9.17, 15) is 20.1 Å². The number of carboxylic acids is 1. The Labute approximate surface area is 213 Å². The molecule has 0 fully saturated rings. The Morgan fingerprint density at radius 3 is 1.44 bits per heavy atom. The second-order valence-electron chi connectivity index (χ2n) is 10.5. The quantitative estimate of drug-likeness (QED) is 0.358. The molecule has 3 N–H and O–H groups in total. The van der Waals surface area contributed by atoms with Crippen molar-refractivity contribution in [2.75, 3.05) is 0 Å². The molecule has 0 aromatic heterocycles. The lowest BCUT2D eigenvalue weighted by Gasteiger charge is -2.35. The van der Waals surface area contributed by atoms with Crippen molar-refractivity contribution >= 4 is 5.97 Å². The summed E-state index contributed by atoms with van der Waals surface area (Å²) in [6.45, 7) is 19.4. The van der Waals surface area contributed by atoms with Gasteiger partial charge in [-0.3, -0.25) is 0 Å². The Bertz CT molecular complexity index is 1410. The standard InChI is InChI=1S/C31H36O5/c1-12-13(2)15(4)26(31(34)35)22(14(12)3)11-23-24-16(5)18(7)27(32)20(9)29(24)36-30-21(10)28(33)19(8)17(6)25(23)30/h23,32-33H,11H2,1-10H3,(H,34,35). The van der Waals surface area contributed by atoms with E-state index < -0.39 is 5.97 Å². The first kappa shape index (κ1) is 25.6. The molecule has 0 spiro atoms. The Hall–Kier alpha value is -3.47. The van der Waals surface area contributed by atoms with E-state index in [1.807, 2.05) is 69.2 Å². The van der Waals surface area contributed by atoms with E-state index in [2.05, 4.69) is 0 Å². The summed E-state index contributed by atoms with van der Waals surface area (Å²) < 4.78 is 6.48. The first-order valence-electron chi connectivity index (χ1n) is 12.4. The molecule has 3 aromatic rings. The van der Waals surface area contributed by atoms with Gasteiger partial charge in [-0.15, -0.1) is 0 Å². The average molecular weight is 489 g/mol. The van der Waals surface area contributed by atoms with Gasteiger partial charge in [-0.05, 0) is 126 Å². The van der Waals surface area contributed by atoms with Crippen molar-refractivity contribution in [3.63, 3.8) is 0 Å². The van der Waals surface area contributed by atoms with Crippen LogP contribution in [0.1, 0.15) is 88.6 Å². The van der Waals surface area contributed by atoms with E-state index in [0.717, 1.165) is 61.2 Å². The number of phenolic OH excluding ortho intramolecular Hbond substituents is 2. The number of hydrogen-bond donors (Lipinski definition) is 3. The summed E-state index contributed by atoms with van der Waals surface area (Å²) in [6.07, 6.45) is 0.466. The Kier molecular flexibility index (Phi) is 6.10. The minimum atomic E-state index is -0.925. The molecule has 0 bridgehead atoms. The Morgan fingerprint density at radius 2 is 1.03 bits per heavy atom. The third-order valence-electron chi connectivity index (χ3n) is 8.86. The zero-order chi connectivity index (χ0) is 27.0. The molecule has 5 nitrogen and oxygen atoms in total. The van der Waals surface area contributed by atoms with Gasteiger partial charge in [0.1, 0.15) is 23.0 Å². The summed E-state index contributed by atoms with van der Waals surface area (Å²) in [5, 5.41) is 32.0. The van der Waals surface area contributed by atoms with Gasteiger partial charge in [0.2, 0.25) is 0 Å². The van der Waals surface area contributed by atoms with Crippen LogP contribution in [0.4, 0.5) is 0 Å². The number of phenols is 2. The lowest BCUT2D eigenvalue weighted by atomic mass is 9.74. The zero-order valence-electron chi connectivity index (χ0n) is 22.9. The van der Waals surface area contributed by atoms with Crippen molar-refractivity contribution in [2.24, 2.45) is 0 Å². The number of ether oxygens (including phenoxy) is 1. The number of fused-ring (bicyclic) bond motifs is 2. The van der Waals surface area contributed by atoms with Gasteiger partial charge in [-0.1, -0.05) is 0 Å². The highest BCUT2D eigenvalue weighted by molar-refractivity contribution is 5.92. The molecule has 4 rings (SSSR count). The minimum Gasteiger partial charge on any atom is -0.507 e. The van der Waals surface area contributed by atoms with E-state index in [1.54, 1.807) is 0 Å². The monoisotopic (exact) mass is 488 g/mol. The third-order valence-corrected chi connectivity index (χ3v) is 8.86. The summed E-state index contributed by atoms with van der Waals surface area (Å²) >= 11 is 0. The molecule has 1 aliphatic heterocycles. The van der Waals surface area contributed by atoms with Crippen LogP contribution in [-0.2, 0) is 6.42 Å². The maximum Gasteiger partial charge on any atom is 0.336 e. The van der Waals surface area contributed by atoms with Crippen LogP contribution >= 0.6 is 0 Å². The van der Waals surface area contributed by atoms with Gasteiger partial charge in [0, 0.05) is 28.2 Å². The van der Waals surface area contributed by atoms with E-state index in [0.29, 0.717) is 34.6 Å². The fourth-order valence-electron chi connectivity index (χ4n) is 5.97. The summed E-state index contributed by atoms with van der Waals surface area (Å²) in [7, 11) is 0. The van der Waals surface area contributed by atoms with Crippen LogP contribution in [0.2, 0.25) is 0 Å². The number of carboxylic acid groups (broad SMARTS) is 1. The predicted octanol–water partition coefficient (Wildman–Crippen LogP) is 7.36. The van der Waals surface area contributed by atoms with Crippen LogP contribution in [-0.4, -0.2) is 21.3 Å². The van der Waals surface area contributed by atoms with Gasteiger partial charge >= 0.3 is 5.97 Å². The van der Waals surface area contributed by atoms with Crippen molar-refractivity contribution in [1.29, 1.82) is 0 Å². The summed E-state index contributed by atoms with van der Waals surface area (Å²) in [5.74, 6) is 0.443. The van der Waals surface area contributed by atoms with Crippen LogP contribution in [0.5, 0.6) is 23.0 Å². The van der Waals surface area contributed by atoms with Crippen molar-refractivity contribution < 1.29 is 24.9 Å². The highest BCUT2D eigenvalue weighted by Crippen LogP contribution is 2.55. The highest BCUT2D eigenvalue weighted by Gasteiger charge is 2.37. The smallest absolute Gasteiger partial charge is 0.336 e. The van der Waals surface area contributed by atoms with Crippen LogP contribution in [0.25, 0.3) is 0 Å². The number of carbonyl (C=O) groups is 1. The van der Waals surface area contributed by atoms with Crippen molar-refractivity contribution in [3.05, 3.63) is 77.9 Å². The zero-order valence-corrected chi connectivity index (χ0v) is 22.9. The van der Waals surface area contributed by atoms with Gasteiger partial charge in [0.05, 0.1) is 5.56 Å². The van der Waals surface area contributed by atoms with Crippen LogP contribution in [0.3, 0.4) is 0 Å². The lowest BCUT2D eigenvalue weighted by Crippen LogP contribution is -2.21. The van der Waals surface area contributed by atoms with Gasteiger partial charge in [0.25, 0.3) is 0 Å². The molecule has 36 heavy (non-hydrogen) atoms. The number of hydrogen-bond acceptors (Lipinski definition) is 4. The molecule has 0 atom stereocenters. The van der Waals surface area contributed by atoms with Crippen molar-refractivity contribution in [2.45, 2.75) is 81.6 Å². The first-order valence-corrected chi connectivity index (χ1v) is 12.4. The normalized spacial score (nSPS) is 12.8. The molecule has 0 amide bonds. The second-order valence-corrected chi connectivity index (χ2v) is 10.5. The second kappa shape index (κ2) is 8.58. The maximum atomic E-state index is 12.5. The van der Waals surface area contributed by atoms with E-state index >= 15 is 0 Å². The van der Waals surface area contributed by atoms with Gasteiger partial charge in [-0.2, -0.15) is 0 Å². The molecule has 0 aliphatic carbocycles. The molecule has 3 aromatic carbocycles. The molecular weight excluding hydrogens is 452 g/mol. The number of aromatic carboxylic acids is 1. The summed E-state index contributed by atoms with van der Waals surface area (Å²) in [5.41, 5.74) is 11.7. The topological polar surface area (TPSA) is 87.0 Å². The summed E-state index contributed by atoms with van der Waals surface area (Å²) in [4.78, 5) is 12.5. The first-order chi connectivity index (χ1) is 16.7. The number of aromatic hydroxyl groups is 2. The van der Waals surface area contributed by atoms with Gasteiger partial charge < -0.3 is 20.1 Å². The minimum absolute atomic E-state index is 0.198. The Balaban J connectivity index is 2.14. The fraction of sp³-hybridized carbons (Fsp3) is 0.387. The van der Waals surface area contributed by atoms with Crippen LogP contribution in [0.15, 0.2) is 0 Å². The van der Waals surface area contributed by atoms with Crippen molar-refractivity contribution in [3.8, 4) is 23.0 Å². The van der Waals surface area contributed by atoms with Crippen LogP contribution < -0.4 is 4.74 Å². The average Bonchev–Trinajstić information content (AvgIpc) is 2.84. The lowest BCUT2D eigenvalue weighted by molar-refractivity contribution is 0.0694. The van der Waals surface area contributed by atoms with Crippen molar-refractivity contribution in [1.82, 2.24) is 0 Å². The molecule has 190 valence electrons. The maximum absolute atomic E-state index is 12.5. The molecule has 0 radical (unpaired) electrons. The molecule has 1 heterocycles. The molecular formula is C31H36O5. The molecule has 0 unspecified atom stereocenters. The van der Waals surface area contributed by atoms with Gasteiger partial charge in [0.15, 0.2) is 0 Å². The third kappa shape index (κ3) is 3.40. The fourth-order valence-corrected chi connectivity index (χ4v) is 5.97.